The molecule has 0 spiro atoms. The fourth-order valence-electron chi connectivity index (χ4n) is 3.14. The zero-order chi connectivity index (χ0) is 23.8. The van der Waals surface area contributed by atoms with Crippen LogP contribution in [0, 0.1) is 0 Å². The Morgan fingerprint density at radius 3 is 2.50 bits per heavy atom. The summed E-state index contributed by atoms with van der Waals surface area (Å²) in [6.45, 7) is 0.295. The van der Waals surface area contributed by atoms with Crippen molar-refractivity contribution in [3.63, 3.8) is 0 Å². The van der Waals surface area contributed by atoms with Crippen LogP contribution in [-0.2, 0) is 16.1 Å². The number of nitrogens with zero attached hydrogens (tertiary/aromatic N) is 1. The number of ether oxygens (including phenoxy) is 2. The SMILES string of the molecule is COc1cc(C=C2SC(=Nc3ccccc3)NC2=O)ccc1OCC(=O)NCc1ccccc1. The van der Waals surface area contributed by atoms with E-state index in [1.807, 2.05) is 60.7 Å². The Kier molecular flexibility index (Phi) is 7.62. The minimum Gasteiger partial charge on any atom is -0.493 e. The summed E-state index contributed by atoms with van der Waals surface area (Å²) in [6, 6.07) is 24.3. The van der Waals surface area contributed by atoms with Crippen LogP contribution in [0.3, 0.4) is 0 Å². The third-order valence-corrected chi connectivity index (χ3v) is 5.72. The maximum atomic E-state index is 12.4. The molecule has 1 heterocycles. The Morgan fingerprint density at radius 2 is 1.76 bits per heavy atom. The summed E-state index contributed by atoms with van der Waals surface area (Å²) in [5.74, 6) is 0.455. The highest BCUT2D eigenvalue weighted by Gasteiger charge is 2.24. The Hall–Kier alpha value is -4.04. The van der Waals surface area contributed by atoms with Gasteiger partial charge in [0.15, 0.2) is 23.3 Å². The molecular formula is C26H23N3O4S. The third-order valence-electron chi connectivity index (χ3n) is 4.81. The number of benzene rings is 3. The maximum Gasteiger partial charge on any atom is 0.264 e. The summed E-state index contributed by atoms with van der Waals surface area (Å²) in [7, 11) is 1.52. The van der Waals surface area contributed by atoms with E-state index >= 15 is 0 Å². The van der Waals surface area contributed by atoms with Gasteiger partial charge in [0.2, 0.25) is 0 Å². The second kappa shape index (κ2) is 11.2. The Labute approximate surface area is 201 Å². The lowest BCUT2D eigenvalue weighted by Crippen LogP contribution is -2.28. The third kappa shape index (κ3) is 6.26. The fraction of sp³-hybridized carbons (Fsp3) is 0.115. The van der Waals surface area contributed by atoms with Gasteiger partial charge < -0.3 is 20.1 Å². The van der Waals surface area contributed by atoms with E-state index in [1.54, 1.807) is 24.3 Å². The number of nitrogens with one attached hydrogen (secondary N) is 2. The van der Waals surface area contributed by atoms with Gasteiger partial charge in [-0.1, -0.05) is 54.6 Å². The molecule has 0 unspecified atom stereocenters. The quantitative estimate of drug-likeness (QED) is 0.477. The van der Waals surface area contributed by atoms with E-state index in [0.29, 0.717) is 28.1 Å². The van der Waals surface area contributed by atoms with Gasteiger partial charge in [-0.2, -0.15) is 0 Å². The molecule has 1 saturated heterocycles. The molecule has 3 aromatic carbocycles. The molecule has 172 valence electrons. The average molecular weight is 474 g/mol. The molecule has 8 heteroatoms. The highest BCUT2D eigenvalue weighted by Crippen LogP contribution is 2.32. The number of hydrogen-bond donors (Lipinski definition) is 2. The second-order valence-corrected chi connectivity index (χ2v) is 8.31. The number of aliphatic imine (C=N–C) groups is 1. The molecule has 1 fully saturated rings. The van der Waals surface area contributed by atoms with Crippen LogP contribution < -0.4 is 20.1 Å². The summed E-state index contributed by atoms with van der Waals surface area (Å²) >= 11 is 1.27. The first-order chi connectivity index (χ1) is 16.6. The first-order valence-corrected chi connectivity index (χ1v) is 11.4. The van der Waals surface area contributed by atoms with Gasteiger partial charge in [0.1, 0.15) is 0 Å². The predicted octanol–water partition coefficient (Wildman–Crippen LogP) is 4.28. The normalized spacial score (nSPS) is 15.3. The van der Waals surface area contributed by atoms with Crippen molar-refractivity contribution in [3.05, 3.63) is 94.9 Å². The van der Waals surface area contributed by atoms with Gasteiger partial charge in [-0.25, -0.2) is 4.99 Å². The number of methoxy groups -OCH3 is 1. The van der Waals surface area contributed by atoms with E-state index < -0.39 is 0 Å². The van der Waals surface area contributed by atoms with Gasteiger partial charge >= 0.3 is 0 Å². The molecule has 1 aliphatic heterocycles. The standard InChI is InChI=1S/C26H23N3O4S/c1-32-22-14-19(15-23-25(31)29-26(34-23)28-20-10-6-3-7-11-20)12-13-21(22)33-17-24(30)27-16-18-8-4-2-5-9-18/h2-15H,16-17H2,1H3,(H,27,30)(H,28,29,31). The molecule has 7 nitrogen and oxygen atoms in total. The topological polar surface area (TPSA) is 89.0 Å². The highest BCUT2D eigenvalue weighted by atomic mass is 32.2. The molecular weight excluding hydrogens is 450 g/mol. The van der Waals surface area contributed by atoms with Crippen LogP contribution >= 0.6 is 11.8 Å². The van der Waals surface area contributed by atoms with Gasteiger partial charge in [-0.3, -0.25) is 9.59 Å². The zero-order valence-electron chi connectivity index (χ0n) is 18.5. The average Bonchev–Trinajstić information content (AvgIpc) is 3.21. The molecule has 0 aromatic heterocycles. The molecule has 0 atom stereocenters. The molecule has 0 bridgehead atoms. The van der Waals surface area contributed by atoms with Crippen molar-refractivity contribution in [2.24, 2.45) is 4.99 Å². The van der Waals surface area contributed by atoms with E-state index in [4.69, 9.17) is 9.47 Å². The van der Waals surface area contributed by atoms with Gasteiger partial charge in [0.25, 0.3) is 11.8 Å². The van der Waals surface area contributed by atoms with Gasteiger partial charge in [0.05, 0.1) is 17.7 Å². The Balaban J connectivity index is 1.38. The number of carbonyl (C=O) groups excluding carboxylic acids is 2. The van der Waals surface area contributed by atoms with Crippen LogP contribution in [0.25, 0.3) is 6.08 Å². The van der Waals surface area contributed by atoms with Gasteiger partial charge in [0, 0.05) is 6.54 Å². The van der Waals surface area contributed by atoms with Crippen LogP contribution in [-0.4, -0.2) is 30.7 Å². The van der Waals surface area contributed by atoms with E-state index in [1.165, 1.54) is 18.9 Å². The van der Waals surface area contributed by atoms with Crippen LogP contribution in [0.5, 0.6) is 11.5 Å². The fourth-order valence-corrected chi connectivity index (χ4v) is 3.98. The van der Waals surface area contributed by atoms with Crippen molar-refractivity contribution < 1.29 is 19.1 Å². The number of carbonyl (C=O) groups is 2. The first-order valence-electron chi connectivity index (χ1n) is 10.6. The Bertz CT molecular complexity index is 1230. The van der Waals surface area contributed by atoms with Crippen molar-refractivity contribution in [1.29, 1.82) is 0 Å². The maximum absolute atomic E-state index is 12.4. The second-order valence-electron chi connectivity index (χ2n) is 7.28. The minimum atomic E-state index is -0.235. The number of para-hydroxylation sites is 1. The largest absolute Gasteiger partial charge is 0.493 e. The molecule has 1 aliphatic rings. The lowest BCUT2D eigenvalue weighted by Gasteiger charge is -2.11. The summed E-state index contributed by atoms with van der Waals surface area (Å²) in [5, 5.41) is 6.12. The lowest BCUT2D eigenvalue weighted by molar-refractivity contribution is -0.123. The summed E-state index contributed by atoms with van der Waals surface area (Å²) in [5.41, 5.74) is 2.54. The van der Waals surface area contributed by atoms with Gasteiger partial charge in [-0.15, -0.1) is 0 Å². The number of hydrogen-bond acceptors (Lipinski definition) is 6. The Morgan fingerprint density at radius 1 is 1.03 bits per heavy atom. The number of amides is 2. The van der Waals surface area contributed by atoms with Crippen molar-refractivity contribution in [2.75, 3.05) is 13.7 Å². The van der Waals surface area contributed by atoms with E-state index in [2.05, 4.69) is 15.6 Å². The van der Waals surface area contributed by atoms with Crippen LogP contribution in [0.1, 0.15) is 11.1 Å². The molecule has 0 aliphatic carbocycles. The number of amidine groups is 1. The summed E-state index contributed by atoms with van der Waals surface area (Å²) in [4.78, 5) is 29.5. The molecule has 4 rings (SSSR count). The van der Waals surface area contributed by atoms with Crippen LogP contribution in [0.2, 0.25) is 0 Å². The molecule has 2 N–H and O–H groups in total. The van der Waals surface area contributed by atoms with E-state index in [0.717, 1.165) is 16.8 Å². The molecule has 0 saturated carbocycles. The van der Waals surface area contributed by atoms with E-state index in [9.17, 15) is 9.59 Å². The summed E-state index contributed by atoms with van der Waals surface area (Å²) in [6.07, 6.45) is 1.76. The lowest BCUT2D eigenvalue weighted by atomic mass is 10.2. The van der Waals surface area contributed by atoms with Crippen molar-refractivity contribution in [2.45, 2.75) is 6.54 Å². The smallest absolute Gasteiger partial charge is 0.264 e. The minimum absolute atomic E-state index is 0.138. The number of thioether (sulfide) groups is 1. The molecule has 34 heavy (non-hydrogen) atoms. The van der Waals surface area contributed by atoms with Crippen LogP contribution in [0.4, 0.5) is 5.69 Å². The van der Waals surface area contributed by atoms with Crippen molar-refractivity contribution in [1.82, 2.24) is 10.6 Å². The van der Waals surface area contributed by atoms with Crippen LogP contribution in [0.15, 0.2) is 88.8 Å². The molecule has 0 radical (unpaired) electrons. The van der Waals surface area contributed by atoms with Crippen molar-refractivity contribution >= 4 is 40.5 Å². The molecule has 2 amide bonds. The molecule has 3 aromatic rings. The van der Waals surface area contributed by atoms with Crippen molar-refractivity contribution in [3.8, 4) is 11.5 Å². The first kappa shape index (κ1) is 23.1. The van der Waals surface area contributed by atoms with Gasteiger partial charge in [-0.05, 0) is 53.2 Å². The predicted molar refractivity (Wildman–Crippen MR) is 134 cm³/mol. The summed E-state index contributed by atoms with van der Waals surface area (Å²) < 4.78 is 11.1. The number of rotatable bonds is 8. The monoisotopic (exact) mass is 473 g/mol. The zero-order valence-corrected chi connectivity index (χ0v) is 19.3. The highest BCUT2D eigenvalue weighted by molar-refractivity contribution is 8.18. The van der Waals surface area contributed by atoms with E-state index in [-0.39, 0.29) is 18.4 Å².